The van der Waals surface area contributed by atoms with E-state index < -0.39 is 0 Å². The first-order valence-corrected chi connectivity index (χ1v) is 23.1. The molecule has 0 saturated heterocycles. The first-order chi connectivity index (χ1) is 33.3. The number of methoxy groups -OCH3 is 1. The SMILES string of the molecule is CCOc1ncccc1-c1cc(N(Cc2ccc(OC)cc2)Cc2cnn(C)n2)c2c(C(C)C)nn(C)c2n1.CCOc1ncccc1-c1cc(NCc2cnn(C)n2)c2c(C(C)C)nn(C)c2n1. The summed E-state index contributed by atoms with van der Waals surface area (Å²) < 4.78 is 20.7. The van der Waals surface area contributed by atoms with Crippen LogP contribution in [0.5, 0.6) is 17.5 Å². The molecular weight excluding hydrogens is 873 g/mol. The van der Waals surface area contributed by atoms with Crippen molar-refractivity contribution >= 4 is 33.4 Å². The van der Waals surface area contributed by atoms with Crippen LogP contribution in [0.4, 0.5) is 11.4 Å². The Morgan fingerprint density at radius 2 is 1.17 bits per heavy atom. The highest BCUT2D eigenvalue weighted by atomic mass is 16.5. The number of hydrogen-bond acceptors (Lipinski definition) is 15. The molecule has 19 nitrogen and oxygen atoms in total. The third kappa shape index (κ3) is 10.5. The summed E-state index contributed by atoms with van der Waals surface area (Å²) in [7, 11) is 9.18. The zero-order chi connectivity index (χ0) is 48.8. The van der Waals surface area contributed by atoms with Crippen molar-refractivity contribution in [2.24, 2.45) is 28.2 Å². The molecule has 0 saturated carbocycles. The van der Waals surface area contributed by atoms with Crippen molar-refractivity contribution in [3.8, 4) is 40.0 Å². The molecule has 8 aromatic heterocycles. The number of nitrogens with one attached hydrogen (secondary N) is 1. The van der Waals surface area contributed by atoms with Crippen LogP contribution in [0, 0.1) is 0 Å². The molecule has 19 heteroatoms. The summed E-state index contributed by atoms with van der Waals surface area (Å²) in [6.07, 6.45) is 7.02. The van der Waals surface area contributed by atoms with Gasteiger partial charge in [-0.2, -0.15) is 40.2 Å². The number of ether oxygens (including phenoxy) is 3. The van der Waals surface area contributed by atoms with Crippen LogP contribution in [0.25, 0.3) is 44.6 Å². The molecule has 0 aliphatic heterocycles. The third-order valence-corrected chi connectivity index (χ3v) is 11.4. The van der Waals surface area contributed by atoms with E-state index in [1.807, 2.05) is 93.9 Å². The molecule has 0 bridgehead atoms. The lowest BCUT2D eigenvalue weighted by Gasteiger charge is -2.26. The maximum Gasteiger partial charge on any atom is 0.222 e. The molecule has 0 atom stereocenters. The molecule has 0 spiro atoms. The Labute approximate surface area is 401 Å². The highest BCUT2D eigenvalue weighted by Gasteiger charge is 2.25. The largest absolute Gasteiger partial charge is 0.497 e. The van der Waals surface area contributed by atoms with Crippen LogP contribution in [-0.4, -0.2) is 89.8 Å². The minimum Gasteiger partial charge on any atom is -0.497 e. The summed E-state index contributed by atoms with van der Waals surface area (Å²) in [5, 5.41) is 32.6. The Kier molecular flexibility index (Phi) is 14.4. The van der Waals surface area contributed by atoms with E-state index in [0.717, 1.165) is 90.0 Å². The normalized spacial score (nSPS) is 11.4. The maximum atomic E-state index is 5.87. The van der Waals surface area contributed by atoms with Gasteiger partial charge in [-0.05, 0) is 79.8 Å². The van der Waals surface area contributed by atoms with E-state index in [1.54, 1.807) is 41.5 Å². The fourth-order valence-corrected chi connectivity index (χ4v) is 8.17. The number of aromatic nitrogens is 14. The van der Waals surface area contributed by atoms with Crippen LogP contribution in [0.15, 0.2) is 85.5 Å². The summed E-state index contributed by atoms with van der Waals surface area (Å²) in [5.41, 5.74) is 11.7. The van der Waals surface area contributed by atoms with Gasteiger partial charge in [0.1, 0.15) is 17.1 Å². The average molecular weight is 933 g/mol. The van der Waals surface area contributed by atoms with E-state index in [0.29, 0.717) is 44.6 Å². The molecule has 358 valence electrons. The standard InChI is InChI=1S/C29H34N8O2.C21H26N8O/c1-7-39-29-23(9-8-14-30-29)24-15-25(26-27(19(2)3)34-35(4)28(26)32-24)37(18-21-16-31-36(5)33-21)17-20-10-12-22(38-6)13-11-20;1-6-30-21-15(8-7-9-22-21)16-10-17(23-11-14-12-24-29(5)26-14)18-19(13(2)3)27-28(4)20(18)25-16/h8-16,19H,7,17-18H2,1-6H3;7-10,12-13H,6,11H2,1-5H3,(H,23,25). The summed E-state index contributed by atoms with van der Waals surface area (Å²) in [5.74, 6) is 2.41. The zero-order valence-electron chi connectivity index (χ0n) is 41.2. The summed E-state index contributed by atoms with van der Waals surface area (Å²) >= 11 is 0. The van der Waals surface area contributed by atoms with Gasteiger partial charge in [0.15, 0.2) is 11.3 Å². The van der Waals surface area contributed by atoms with Crippen LogP contribution < -0.4 is 24.4 Å². The number of pyridine rings is 4. The van der Waals surface area contributed by atoms with E-state index in [4.69, 9.17) is 34.4 Å². The second-order valence-corrected chi connectivity index (χ2v) is 17.1. The molecule has 8 heterocycles. The highest BCUT2D eigenvalue weighted by Crippen LogP contribution is 2.39. The molecule has 1 N–H and O–H groups in total. The number of aryl methyl sites for hydroxylation is 4. The molecule has 0 radical (unpaired) electrons. The second-order valence-electron chi connectivity index (χ2n) is 17.1. The van der Waals surface area contributed by atoms with Crippen molar-refractivity contribution in [3.63, 3.8) is 0 Å². The van der Waals surface area contributed by atoms with Gasteiger partial charge >= 0.3 is 0 Å². The van der Waals surface area contributed by atoms with Crippen molar-refractivity contribution in [1.82, 2.24) is 69.5 Å². The van der Waals surface area contributed by atoms with Crippen LogP contribution >= 0.6 is 0 Å². The minimum absolute atomic E-state index is 0.205. The molecule has 0 fully saturated rings. The summed E-state index contributed by atoms with van der Waals surface area (Å²) in [6.45, 7) is 15.3. The number of hydrogen-bond donors (Lipinski definition) is 1. The lowest BCUT2D eigenvalue weighted by molar-refractivity contribution is 0.328. The molecule has 9 rings (SSSR count). The quantitative estimate of drug-likeness (QED) is 0.0918. The van der Waals surface area contributed by atoms with E-state index in [1.165, 1.54) is 0 Å². The smallest absolute Gasteiger partial charge is 0.222 e. The van der Waals surface area contributed by atoms with Gasteiger partial charge in [0.25, 0.3) is 0 Å². The molecule has 1 aromatic carbocycles. The number of fused-ring (bicyclic) bond motifs is 2. The van der Waals surface area contributed by atoms with Crippen molar-refractivity contribution in [3.05, 3.63) is 114 Å². The maximum absolute atomic E-state index is 5.87. The zero-order valence-corrected chi connectivity index (χ0v) is 41.2. The predicted molar refractivity (Wildman–Crippen MR) is 266 cm³/mol. The fourth-order valence-electron chi connectivity index (χ4n) is 8.17. The van der Waals surface area contributed by atoms with Gasteiger partial charge in [-0.3, -0.25) is 9.36 Å². The van der Waals surface area contributed by atoms with Gasteiger partial charge < -0.3 is 24.4 Å². The lowest BCUT2D eigenvalue weighted by Crippen LogP contribution is -2.23. The Morgan fingerprint density at radius 3 is 1.70 bits per heavy atom. The van der Waals surface area contributed by atoms with E-state index >= 15 is 0 Å². The van der Waals surface area contributed by atoms with E-state index in [-0.39, 0.29) is 11.8 Å². The van der Waals surface area contributed by atoms with Gasteiger partial charge in [0.05, 0.1) is 96.2 Å². The highest BCUT2D eigenvalue weighted by molar-refractivity contribution is 5.96. The molecule has 0 unspecified atom stereocenters. The Morgan fingerprint density at radius 1 is 0.638 bits per heavy atom. The van der Waals surface area contributed by atoms with Gasteiger partial charge in [-0.25, -0.2) is 19.9 Å². The average Bonchev–Trinajstić information content (AvgIpc) is 4.14. The second kappa shape index (κ2) is 20.9. The third-order valence-electron chi connectivity index (χ3n) is 11.4. The van der Waals surface area contributed by atoms with Crippen LogP contribution in [0.1, 0.15) is 81.7 Å². The Hall–Kier alpha value is -7.96. The molecule has 0 aliphatic rings. The first kappa shape index (κ1) is 47.5. The van der Waals surface area contributed by atoms with Gasteiger partial charge in [0.2, 0.25) is 11.8 Å². The number of benzene rings is 1. The summed E-state index contributed by atoms with van der Waals surface area (Å²) in [4.78, 5) is 24.3. The van der Waals surface area contributed by atoms with Crippen LogP contribution in [-0.2, 0) is 47.8 Å². The number of anilines is 2. The van der Waals surface area contributed by atoms with Crippen molar-refractivity contribution in [2.75, 3.05) is 30.5 Å². The van der Waals surface area contributed by atoms with Gasteiger partial charge in [-0.1, -0.05) is 39.8 Å². The Balaban J connectivity index is 0.000000192. The number of nitrogens with zero attached hydrogens (tertiary/aromatic N) is 15. The topological polar surface area (TPSA) is 192 Å². The fraction of sp³-hybridized carbons (Fsp3) is 0.360. The molecule has 69 heavy (non-hydrogen) atoms. The first-order valence-electron chi connectivity index (χ1n) is 23.1. The molecule has 0 aliphatic carbocycles. The monoisotopic (exact) mass is 933 g/mol. The molecule has 9 aromatic rings. The van der Waals surface area contributed by atoms with Crippen LogP contribution in [0.2, 0.25) is 0 Å². The summed E-state index contributed by atoms with van der Waals surface area (Å²) in [6, 6.07) is 20.0. The molecule has 0 amide bonds. The number of rotatable bonds is 17. The minimum atomic E-state index is 0.205. The lowest BCUT2D eigenvalue weighted by atomic mass is 10.0. The predicted octanol–water partition coefficient (Wildman–Crippen LogP) is 8.19. The van der Waals surface area contributed by atoms with Crippen molar-refractivity contribution in [2.45, 2.75) is 73.0 Å². The van der Waals surface area contributed by atoms with E-state index in [9.17, 15) is 0 Å². The van der Waals surface area contributed by atoms with Gasteiger partial charge in [-0.15, -0.1) is 0 Å². The van der Waals surface area contributed by atoms with Crippen molar-refractivity contribution < 1.29 is 14.2 Å². The molecular formula is C50H60N16O3. The van der Waals surface area contributed by atoms with Crippen molar-refractivity contribution in [1.29, 1.82) is 0 Å². The van der Waals surface area contributed by atoms with Gasteiger partial charge in [0, 0.05) is 52.8 Å². The van der Waals surface area contributed by atoms with Crippen LogP contribution in [0.3, 0.4) is 0 Å². The van der Waals surface area contributed by atoms with E-state index in [2.05, 4.69) is 86.5 Å². The Bertz CT molecular complexity index is 3170.